The van der Waals surface area contributed by atoms with Crippen LogP contribution in [-0.4, -0.2) is 30.3 Å². The van der Waals surface area contributed by atoms with E-state index in [2.05, 4.69) is 12.2 Å². The number of halogens is 1. The van der Waals surface area contributed by atoms with E-state index in [1.807, 2.05) is 0 Å². The number of benzene rings is 2. The van der Waals surface area contributed by atoms with Gasteiger partial charge in [0.05, 0.1) is 23.1 Å². The summed E-state index contributed by atoms with van der Waals surface area (Å²) in [4.78, 5) is 51.3. The van der Waals surface area contributed by atoms with Crippen LogP contribution in [0.25, 0.3) is 0 Å². The Balaban J connectivity index is 1.41. The lowest BCUT2D eigenvalue weighted by Crippen LogP contribution is -2.31. The van der Waals surface area contributed by atoms with Crippen LogP contribution in [0.4, 0.5) is 15.8 Å². The summed E-state index contributed by atoms with van der Waals surface area (Å²) < 4.78 is 18.0. The number of esters is 1. The van der Waals surface area contributed by atoms with Gasteiger partial charge >= 0.3 is 5.97 Å². The predicted octanol–water partition coefficient (Wildman–Crippen LogP) is 3.55. The predicted molar refractivity (Wildman–Crippen MR) is 114 cm³/mol. The van der Waals surface area contributed by atoms with E-state index >= 15 is 0 Å². The first-order valence-corrected chi connectivity index (χ1v) is 10.5. The molecule has 2 aromatic rings. The molecule has 0 radical (unpaired) electrons. The number of amides is 3. The van der Waals surface area contributed by atoms with Crippen LogP contribution in [0.15, 0.2) is 48.5 Å². The van der Waals surface area contributed by atoms with Gasteiger partial charge in [0, 0.05) is 5.69 Å². The van der Waals surface area contributed by atoms with Crippen LogP contribution in [0, 0.1) is 23.6 Å². The van der Waals surface area contributed by atoms with E-state index in [0.717, 1.165) is 6.42 Å². The molecule has 0 aromatic heterocycles. The SMILES string of the molecule is C[C@@H]1CC[C@H]2C(=O)N(c3cccc(C(=O)OCC(=O)Nc4ccc(F)cc4)c3)C(=O)[C@H]2C1. The van der Waals surface area contributed by atoms with E-state index in [0.29, 0.717) is 30.1 Å². The highest BCUT2D eigenvalue weighted by Gasteiger charge is 2.50. The molecule has 1 aliphatic heterocycles. The van der Waals surface area contributed by atoms with Crippen molar-refractivity contribution in [3.05, 3.63) is 59.9 Å². The molecule has 1 aliphatic carbocycles. The lowest BCUT2D eigenvalue weighted by Gasteiger charge is -2.25. The highest BCUT2D eigenvalue weighted by atomic mass is 19.1. The highest BCUT2D eigenvalue weighted by Crippen LogP contribution is 2.42. The van der Waals surface area contributed by atoms with E-state index in [1.54, 1.807) is 12.1 Å². The first-order chi connectivity index (χ1) is 15.3. The number of fused-ring (bicyclic) bond motifs is 1. The Morgan fingerprint density at radius 3 is 2.53 bits per heavy atom. The molecule has 0 bridgehead atoms. The zero-order valence-electron chi connectivity index (χ0n) is 17.5. The van der Waals surface area contributed by atoms with Crippen LogP contribution in [-0.2, 0) is 19.1 Å². The highest BCUT2D eigenvalue weighted by molar-refractivity contribution is 6.22. The number of carbonyl (C=O) groups is 4. The topological polar surface area (TPSA) is 92.8 Å². The Hall–Kier alpha value is -3.55. The first kappa shape index (κ1) is 21.7. The van der Waals surface area contributed by atoms with Crippen LogP contribution >= 0.6 is 0 Å². The number of anilines is 2. The standard InChI is InChI=1S/C24H23FN2O5/c1-14-5-10-19-20(11-14)23(30)27(22(19)29)18-4-2-3-15(12-18)24(31)32-13-21(28)26-17-8-6-16(25)7-9-17/h2-4,6-9,12,14,19-20H,5,10-11,13H2,1H3,(H,26,28)/t14-,19-,20+/m1/s1. The Labute approximate surface area is 184 Å². The van der Waals surface area contributed by atoms with Gasteiger partial charge in [0.25, 0.3) is 5.91 Å². The van der Waals surface area contributed by atoms with Crippen molar-refractivity contribution >= 4 is 35.1 Å². The molecule has 0 unspecified atom stereocenters. The van der Waals surface area contributed by atoms with Crippen molar-refractivity contribution in [2.24, 2.45) is 17.8 Å². The summed E-state index contributed by atoms with van der Waals surface area (Å²) in [7, 11) is 0. The van der Waals surface area contributed by atoms with Crippen LogP contribution in [0.2, 0.25) is 0 Å². The number of nitrogens with one attached hydrogen (secondary N) is 1. The summed E-state index contributed by atoms with van der Waals surface area (Å²) in [5.41, 5.74) is 0.824. The Morgan fingerprint density at radius 2 is 1.78 bits per heavy atom. The van der Waals surface area contributed by atoms with Gasteiger partial charge in [-0.25, -0.2) is 9.18 Å². The molecule has 1 saturated heterocycles. The van der Waals surface area contributed by atoms with Crippen LogP contribution in [0.5, 0.6) is 0 Å². The molecular formula is C24H23FN2O5. The lowest BCUT2D eigenvalue weighted by molar-refractivity contribution is -0.122. The summed E-state index contributed by atoms with van der Waals surface area (Å²) in [6.45, 7) is 1.55. The Kier molecular flexibility index (Phi) is 6.03. The third-order valence-electron chi connectivity index (χ3n) is 5.99. The maximum Gasteiger partial charge on any atom is 0.338 e. The molecule has 8 heteroatoms. The number of rotatable bonds is 5. The fraction of sp³-hybridized carbons (Fsp3) is 0.333. The number of imide groups is 1. The number of hydrogen-bond acceptors (Lipinski definition) is 5. The molecule has 2 aromatic carbocycles. The summed E-state index contributed by atoms with van der Waals surface area (Å²) in [6, 6.07) is 11.3. The van der Waals surface area contributed by atoms with Gasteiger partial charge in [-0.3, -0.25) is 19.3 Å². The third-order valence-corrected chi connectivity index (χ3v) is 5.99. The van der Waals surface area contributed by atoms with Gasteiger partial charge in [-0.1, -0.05) is 13.0 Å². The summed E-state index contributed by atoms with van der Waals surface area (Å²) in [5.74, 6) is -2.43. The Morgan fingerprint density at radius 1 is 1.06 bits per heavy atom. The smallest absolute Gasteiger partial charge is 0.338 e. The van der Waals surface area contributed by atoms with E-state index in [1.165, 1.54) is 41.3 Å². The molecule has 166 valence electrons. The summed E-state index contributed by atoms with van der Waals surface area (Å²) in [5, 5.41) is 2.50. The molecule has 1 heterocycles. The van der Waals surface area contributed by atoms with Crippen molar-refractivity contribution in [2.45, 2.75) is 26.2 Å². The van der Waals surface area contributed by atoms with Crippen molar-refractivity contribution in [2.75, 3.05) is 16.8 Å². The fourth-order valence-corrected chi connectivity index (χ4v) is 4.36. The van der Waals surface area contributed by atoms with Crippen LogP contribution in [0.1, 0.15) is 36.5 Å². The number of hydrogen-bond donors (Lipinski definition) is 1. The van der Waals surface area contributed by atoms with Gasteiger partial charge in [0.15, 0.2) is 6.61 Å². The lowest BCUT2D eigenvalue weighted by atomic mass is 9.76. The molecule has 7 nitrogen and oxygen atoms in total. The molecule has 3 atom stereocenters. The Bertz CT molecular complexity index is 1070. The molecule has 4 rings (SSSR count). The molecule has 1 N–H and O–H groups in total. The van der Waals surface area contributed by atoms with Crippen molar-refractivity contribution in [3.63, 3.8) is 0 Å². The van der Waals surface area contributed by atoms with Gasteiger partial charge < -0.3 is 10.1 Å². The first-order valence-electron chi connectivity index (χ1n) is 10.5. The molecule has 1 saturated carbocycles. The number of nitrogens with zero attached hydrogens (tertiary/aromatic N) is 1. The van der Waals surface area contributed by atoms with Crippen LogP contribution in [0.3, 0.4) is 0 Å². The van der Waals surface area contributed by atoms with Crippen molar-refractivity contribution in [1.82, 2.24) is 0 Å². The van der Waals surface area contributed by atoms with Crippen molar-refractivity contribution in [1.29, 1.82) is 0 Å². The molecule has 3 amide bonds. The second-order valence-corrected chi connectivity index (χ2v) is 8.32. The average molecular weight is 438 g/mol. The van der Waals surface area contributed by atoms with Crippen LogP contribution < -0.4 is 10.2 Å². The van der Waals surface area contributed by atoms with Gasteiger partial charge in [0.2, 0.25) is 11.8 Å². The normalized spacial score (nSPS) is 22.4. The number of carbonyl (C=O) groups excluding carboxylic acids is 4. The van der Waals surface area contributed by atoms with Gasteiger partial charge in [-0.2, -0.15) is 0 Å². The molecule has 2 aliphatic rings. The number of ether oxygens (including phenoxy) is 1. The quantitative estimate of drug-likeness (QED) is 0.569. The zero-order valence-corrected chi connectivity index (χ0v) is 17.5. The van der Waals surface area contributed by atoms with Gasteiger partial charge in [-0.15, -0.1) is 0 Å². The third kappa shape index (κ3) is 4.39. The molecule has 2 fully saturated rings. The average Bonchev–Trinajstić information content (AvgIpc) is 3.03. The second-order valence-electron chi connectivity index (χ2n) is 8.32. The minimum absolute atomic E-state index is 0.126. The van der Waals surface area contributed by atoms with Crippen molar-refractivity contribution in [3.8, 4) is 0 Å². The summed E-state index contributed by atoms with van der Waals surface area (Å²) >= 11 is 0. The monoisotopic (exact) mass is 438 g/mol. The molecule has 0 spiro atoms. The van der Waals surface area contributed by atoms with Gasteiger partial charge in [-0.05, 0) is 67.6 Å². The van der Waals surface area contributed by atoms with Gasteiger partial charge in [0.1, 0.15) is 5.82 Å². The van der Waals surface area contributed by atoms with E-state index < -0.39 is 24.3 Å². The van der Waals surface area contributed by atoms with Crippen molar-refractivity contribution < 1.29 is 28.3 Å². The largest absolute Gasteiger partial charge is 0.452 e. The zero-order chi connectivity index (χ0) is 22.8. The minimum Gasteiger partial charge on any atom is -0.452 e. The minimum atomic E-state index is -0.758. The maximum atomic E-state index is 12.9. The summed E-state index contributed by atoms with van der Waals surface area (Å²) in [6.07, 6.45) is 2.30. The van der Waals surface area contributed by atoms with E-state index in [9.17, 15) is 23.6 Å². The molecule has 32 heavy (non-hydrogen) atoms. The second kappa shape index (κ2) is 8.90. The van der Waals surface area contributed by atoms with E-state index in [4.69, 9.17) is 4.74 Å². The van der Waals surface area contributed by atoms with E-state index in [-0.39, 0.29) is 29.2 Å². The molecular weight excluding hydrogens is 415 g/mol. The fourth-order valence-electron chi connectivity index (χ4n) is 4.36. The maximum absolute atomic E-state index is 12.9.